The van der Waals surface area contributed by atoms with Gasteiger partial charge in [-0.2, -0.15) is 0 Å². The van der Waals surface area contributed by atoms with Gasteiger partial charge in [0.2, 0.25) is 5.91 Å². The molecule has 1 atom stereocenters. The van der Waals surface area contributed by atoms with Crippen LogP contribution in [0.2, 0.25) is 0 Å². The molecule has 0 radical (unpaired) electrons. The van der Waals surface area contributed by atoms with Gasteiger partial charge in [-0.25, -0.2) is 0 Å². The molecule has 1 saturated heterocycles. The van der Waals surface area contributed by atoms with Crippen LogP contribution in [0.1, 0.15) is 30.9 Å². The second kappa shape index (κ2) is 5.42. The van der Waals surface area contributed by atoms with Crippen molar-refractivity contribution in [2.24, 2.45) is 11.7 Å². The van der Waals surface area contributed by atoms with Gasteiger partial charge in [0.1, 0.15) is 0 Å². The van der Waals surface area contributed by atoms with Crippen molar-refractivity contribution in [1.82, 2.24) is 0 Å². The topological polar surface area (TPSA) is 46.3 Å². The van der Waals surface area contributed by atoms with E-state index in [-0.39, 0.29) is 11.8 Å². The van der Waals surface area contributed by atoms with E-state index in [2.05, 4.69) is 36.9 Å². The van der Waals surface area contributed by atoms with Crippen molar-refractivity contribution in [3.63, 3.8) is 0 Å². The number of hydrogen-bond acceptors (Lipinski definition) is 2. The first-order valence-corrected chi connectivity index (χ1v) is 6.76. The Morgan fingerprint density at radius 1 is 1.50 bits per heavy atom. The predicted octanol–water partition coefficient (Wildman–Crippen LogP) is 2.26. The van der Waals surface area contributed by atoms with E-state index < -0.39 is 0 Å². The molecule has 98 valence electrons. The molecule has 18 heavy (non-hydrogen) atoms. The Morgan fingerprint density at radius 3 is 2.94 bits per heavy atom. The van der Waals surface area contributed by atoms with Gasteiger partial charge in [-0.05, 0) is 37.3 Å². The number of primary amides is 1. The Bertz CT molecular complexity index is 442. The summed E-state index contributed by atoms with van der Waals surface area (Å²) in [6.07, 6.45) is 3.00. The van der Waals surface area contributed by atoms with Crippen LogP contribution in [0.15, 0.2) is 18.2 Å². The zero-order valence-corrected chi connectivity index (χ0v) is 11.3. The summed E-state index contributed by atoms with van der Waals surface area (Å²) >= 11 is 0. The van der Waals surface area contributed by atoms with Gasteiger partial charge in [0.25, 0.3) is 0 Å². The van der Waals surface area contributed by atoms with E-state index in [1.807, 2.05) is 0 Å². The quantitative estimate of drug-likeness (QED) is 0.889. The van der Waals surface area contributed by atoms with Crippen LogP contribution in [0, 0.1) is 12.8 Å². The highest BCUT2D eigenvalue weighted by atomic mass is 16.1. The predicted molar refractivity (Wildman–Crippen MR) is 74.7 cm³/mol. The lowest BCUT2D eigenvalue weighted by atomic mass is 9.95. The summed E-state index contributed by atoms with van der Waals surface area (Å²) in [7, 11) is 0. The van der Waals surface area contributed by atoms with E-state index in [0.29, 0.717) is 0 Å². The molecule has 1 fully saturated rings. The van der Waals surface area contributed by atoms with Crippen molar-refractivity contribution in [2.75, 3.05) is 18.0 Å². The number of rotatable bonds is 3. The maximum atomic E-state index is 11.4. The van der Waals surface area contributed by atoms with Crippen LogP contribution in [-0.4, -0.2) is 19.0 Å². The molecule has 1 aromatic rings. The number of hydrogen-bond donors (Lipinski definition) is 1. The molecule has 0 saturated carbocycles. The van der Waals surface area contributed by atoms with Crippen molar-refractivity contribution in [2.45, 2.75) is 33.1 Å². The average Bonchev–Trinajstić information content (AvgIpc) is 2.38. The smallest absolute Gasteiger partial charge is 0.222 e. The average molecular weight is 246 g/mol. The van der Waals surface area contributed by atoms with Crippen molar-refractivity contribution in [3.8, 4) is 0 Å². The van der Waals surface area contributed by atoms with E-state index in [1.54, 1.807) is 0 Å². The third kappa shape index (κ3) is 2.50. The summed E-state index contributed by atoms with van der Waals surface area (Å²) < 4.78 is 0. The maximum absolute atomic E-state index is 11.4. The molecule has 1 aliphatic heterocycles. The Morgan fingerprint density at radius 2 is 2.28 bits per heavy atom. The summed E-state index contributed by atoms with van der Waals surface area (Å²) in [5.41, 5.74) is 9.41. The van der Waals surface area contributed by atoms with Gasteiger partial charge in [0, 0.05) is 18.8 Å². The van der Waals surface area contributed by atoms with E-state index >= 15 is 0 Å². The Kier molecular flexibility index (Phi) is 3.90. The fourth-order valence-corrected chi connectivity index (χ4v) is 2.87. The molecule has 2 rings (SSSR count). The lowest BCUT2D eigenvalue weighted by Gasteiger charge is -2.35. The number of nitrogens with two attached hydrogens (primary N) is 1. The normalized spacial score (nSPS) is 19.9. The number of piperidine rings is 1. The highest BCUT2D eigenvalue weighted by Gasteiger charge is 2.25. The Hall–Kier alpha value is -1.51. The third-order valence-electron chi connectivity index (χ3n) is 3.84. The van der Waals surface area contributed by atoms with Gasteiger partial charge in [-0.3, -0.25) is 4.79 Å². The van der Waals surface area contributed by atoms with Crippen molar-refractivity contribution < 1.29 is 4.79 Å². The monoisotopic (exact) mass is 246 g/mol. The van der Waals surface area contributed by atoms with Crippen molar-refractivity contribution >= 4 is 11.6 Å². The lowest BCUT2D eigenvalue weighted by molar-refractivity contribution is -0.122. The first-order chi connectivity index (χ1) is 8.63. The van der Waals surface area contributed by atoms with E-state index in [1.165, 1.54) is 16.8 Å². The summed E-state index contributed by atoms with van der Waals surface area (Å²) in [6.45, 7) is 6.12. The molecule has 1 heterocycles. The van der Waals surface area contributed by atoms with E-state index in [9.17, 15) is 4.79 Å². The summed E-state index contributed by atoms with van der Waals surface area (Å²) in [4.78, 5) is 13.7. The number of carbonyl (C=O) groups excluding carboxylic acids is 1. The largest absolute Gasteiger partial charge is 0.370 e. The number of nitrogens with zero attached hydrogens (tertiary/aromatic N) is 1. The third-order valence-corrected chi connectivity index (χ3v) is 3.84. The van der Waals surface area contributed by atoms with Gasteiger partial charge in [0.05, 0.1) is 5.92 Å². The highest BCUT2D eigenvalue weighted by Crippen LogP contribution is 2.29. The first kappa shape index (κ1) is 12.9. The van der Waals surface area contributed by atoms with Crippen LogP contribution in [0.4, 0.5) is 5.69 Å². The minimum Gasteiger partial charge on any atom is -0.370 e. The number of amides is 1. The van der Waals surface area contributed by atoms with Gasteiger partial charge >= 0.3 is 0 Å². The fraction of sp³-hybridized carbons (Fsp3) is 0.533. The molecule has 1 aliphatic rings. The van der Waals surface area contributed by atoms with Crippen LogP contribution in [0.3, 0.4) is 0 Å². The summed E-state index contributed by atoms with van der Waals surface area (Å²) in [6, 6.07) is 6.42. The molecule has 1 amide bonds. The molecule has 1 aromatic carbocycles. The van der Waals surface area contributed by atoms with E-state index in [0.717, 1.165) is 32.4 Å². The summed E-state index contributed by atoms with van der Waals surface area (Å²) in [5, 5.41) is 0. The number of anilines is 1. The van der Waals surface area contributed by atoms with Gasteiger partial charge < -0.3 is 10.6 Å². The first-order valence-electron chi connectivity index (χ1n) is 6.76. The van der Waals surface area contributed by atoms with Crippen molar-refractivity contribution in [1.29, 1.82) is 0 Å². The zero-order chi connectivity index (χ0) is 13.1. The molecule has 0 aliphatic carbocycles. The second-order valence-corrected chi connectivity index (χ2v) is 5.12. The number of aryl methyl sites for hydroxylation is 2. The summed E-state index contributed by atoms with van der Waals surface area (Å²) in [5.74, 6) is -0.158. The van der Waals surface area contributed by atoms with Gasteiger partial charge in [-0.1, -0.05) is 25.1 Å². The molecule has 0 aromatic heterocycles. The minimum absolute atomic E-state index is 0.00284. The molecule has 3 nitrogen and oxygen atoms in total. The second-order valence-electron chi connectivity index (χ2n) is 5.12. The van der Waals surface area contributed by atoms with Crippen LogP contribution in [-0.2, 0) is 11.2 Å². The highest BCUT2D eigenvalue weighted by molar-refractivity contribution is 5.78. The molecular weight excluding hydrogens is 224 g/mol. The SMILES string of the molecule is CCc1cccc(C)c1N1CCCC(C(N)=O)C1. The lowest BCUT2D eigenvalue weighted by Crippen LogP contribution is -2.41. The van der Waals surface area contributed by atoms with Gasteiger partial charge in [-0.15, -0.1) is 0 Å². The molecule has 3 heteroatoms. The van der Waals surface area contributed by atoms with Crippen LogP contribution in [0.25, 0.3) is 0 Å². The molecule has 0 spiro atoms. The fourth-order valence-electron chi connectivity index (χ4n) is 2.87. The van der Waals surface area contributed by atoms with Crippen LogP contribution >= 0.6 is 0 Å². The Balaban J connectivity index is 2.28. The van der Waals surface area contributed by atoms with Crippen molar-refractivity contribution in [3.05, 3.63) is 29.3 Å². The van der Waals surface area contributed by atoms with Gasteiger partial charge in [0.15, 0.2) is 0 Å². The molecular formula is C15H22N2O. The Labute approximate surface area is 109 Å². The number of benzene rings is 1. The van der Waals surface area contributed by atoms with E-state index in [4.69, 9.17) is 5.73 Å². The number of carbonyl (C=O) groups is 1. The zero-order valence-electron chi connectivity index (χ0n) is 11.3. The molecule has 1 unspecified atom stereocenters. The number of para-hydroxylation sites is 1. The molecule has 0 bridgehead atoms. The maximum Gasteiger partial charge on any atom is 0.222 e. The minimum atomic E-state index is -0.161. The molecule has 2 N–H and O–H groups in total. The van der Waals surface area contributed by atoms with Crippen LogP contribution < -0.4 is 10.6 Å². The standard InChI is InChI=1S/C15H22N2O/c1-3-12-7-4-6-11(2)14(12)17-9-5-8-13(10-17)15(16)18/h4,6-7,13H,3,5,8-10H2,1-2H3,(H2,16,18). The van der Waals surface area contributed by atoms with Crippen LogP contribution in [0.5, 0.6) is 0 Å².